The number of nitriles is 1. The molecule has 0 bridgehead atoms. The van der Waals surface area contributed by atoms with Gasteiger partial charge in [0.05, 0.1) is 16.5 Å². The second-order valence-corrected chi connectivity index (χ2v) is 5.72. The van der Waals surface area contributed by atoms with Gasteiger partial charge in [-0.1, -0.05) is 0 Å². The predicted octanol–water partition coefficient (Wildman–Crippen LogP) is 0.622. The fourth-order valence-corrected chi connectivity index (χ4v) is 2.76. The number of hydrogen-bond donors (Lipinski definition) is 2. The maximum atomic E-state index is 12.0. The molecule has 0 aliphatic rings. The van der Waals surface area contributed by atoms with Crippen LogP contribution in [0.25, 0.3) is 0 Å². The predicted molar refractivity (Wildman–Crippen MR) is 71.1 cm³/mol. The van der Waals surface area contributed by atoms with E-state index in [1.54, 1.807) is 6.92 Å². The number of carbonyl (C=O) groups is 1. The summed E-state index contributed by atoms with van der Waals surface area (Å²) in [5, 5.41) is 17.7. The third-order valence-corrected chi connectivity index (χ3v) is 4.02. The van der Waals surface area contributed by atoms with E-state index in [1.807, 2.05) is 10.8 Å². The molecule has 1 atom stereocenters. The van der Waals surface area contributed by atoms with Crippen LogP contribution in [0.5, 0.6) is 0 Å². The summed E-state index contributed by atoms with van der Waals surface area (Å²) in [5.41, 5.74) is 0.835. The number of benzene rings is 1. The van der Waals surface area contributed by atoms with E-state index in [9.17, 15) is 13.2 Å². The van der Waals surface area contributed by atoms with Crippen molar-refractivity contribution in [2.45, 2.75) is 24.3 Å². The fourth-order valence-electron chi connectivity index (χ4n) is 1.48. The standard InChI is InChI=1S/C13H12N2O4S/c1-3-4-12(13(16)17)15-20(18,19)11-6-5-10(8-14)9(2)7-11/h1,5-7,12,15H,4H2,2H3,(H,16,17). The number of nitrogens with zero attached hydrogens (tertiary/aromatic N) is 1. The number of aryl methyl sites for hydroxylation is 1. The van der Waals surface area contributed by atoms with Gasteiger partial charge in [0, 0.05) is 6.42 Å². The molecular weight excluding hydrogens is 280 g/mol. The minimum absolute atomic E-state index is 0.114. The first-order valence-electron chi connectivity index (χ1n) is 5.51. The first-order valence-corrected chi connectivity index (χ1v) is 6.99. The SMILES string of the molecule is C#CCC(NS(=O)(=O)c1ccc(C#N)c(C)c1)C(=O)O. The smallest absolute Gasteiger partial charge is 0.322 e. The van der Waals surface area contributed by atoms with Crippen LogP contribution in [0.3, 0.4) is 0 Å². The molecule has 104 valence electrons. The van der Waals surface area contributed by atoms with Crippen molar-refractivity contribution in [1.82, 2.24) is 4.72 Å². The Morgan fingerprint density at radius 3 is 2.65 bits per heavy atom. The highest BCUT2D eigenvalue weighted by atomic mass is 32.2. The molecule has 20 heavy (non-hydrogen) atoms. The zero-order chi connectivity index (χ0) is 15.3. The third-order valence-electron chi connectivity index (χ3n) is 2.55. The van der Waals surface area contributed by atoms with Crippen molar-refractivity contribution in [3.63, 3.8) is 0 Å². The number of hydrogen-bond acceptors (Lipinski definition) is 4. The third kappa shape index (κ3) is 3.58. The van der Waals surface area contributed by atoms with Gasteiger partial charge in [-0.25, -0.2) is 8.42 Å². The van der Waals surface area contributed by atoms with Gasteiger partial charge in [-0.3, -0.25) is 4.79 Å². The lowest BCUT2D eigenvalue weighted by Crippen LogP contribution is -2.40. The van der Waals surface area contributed by atoms with Crippen molar-refractivity contribution < 1.29 is 18.3 Å². The molecule has 7 heteroatoms. The molecule has 0 saturated carbocycles. The molecule has 0 aliphatic carbocycles. The van der Waals surface area contributed by atoms with E-state index in [4.69, 9.17) is 16.8 Å². The molecule has 0 fully saturated rings. The summed E-state index contributed by atoms with van der Waals surface area (Å²) in [6.07, 6.45) is 4.74. The lowest BCUT2D eigenvalue weighted by atomic mass is 10.1. The average molecular weight is 292 g/mol. The first-order chi connectivity index (χ1) is 9.31. The second-order valence-electron chi connectivity index (χ2n) is 4.01. The van der Waals surface area contributed by atoms with Gasteiger partial charge in [-0.2, -0.15) is 9.98 Å². The molecule has 2 N–H and O–H groups in total. The molecule has 6 nitrogen and oxygen atoms in total. The Bertz CT molecular complexity index is 711. The van der Waals surface area contributed by atoms with Crippen molar-refractivity contribution in [3.05, 3.63) is 29.3 Å². The van der Waals surface area contributed by atoms with Crippen LogP contribution in [0, 0.1) is 30.6 Å². The van der Waals surface area contributed by atoms with E-state index in [-0.39, 0.29) is 11.3 Å². The molecule has 1 aromatic carbocycles. The summed E-state index contributed by atoms with van der Waals surface area (Å²) >= 11 is 0. The molecule has 0 aliphatic heterocycles. The van der Waals surface area contributed by atoms with Gasteiger partial charge in [-0.15, -0.1) is 12.3 Å². The van der Waals surface area contributed by atoms with E-state index < -0.39 is 22.0 Å². The minimum Gasteiger partial charge on any atom is -0.480 e. The van der Waals surface area contributed by atoms with Gasteiger partial charge >= 0.3 is 5.97 Å². The Balaban J connectivity index is 3.12. The zero-order valence-corrected chi connectivity index (χ0v) is 11.4. The molecule has 0 heterocycles. The highest BCUT2D eigenvalue weighted by Gasteiger charge is 2.24. The van der Waals surface area contributed by atoms with Crippen molar-refractivity contribution in [1.29, 1.82) is 5.26 Å². The Labute approximate surface area is 117 Å². The van der Waals surface area contributed by atoms with Gasteiger partial charge in [-0.05, 0) is 30.7 Å². The quantitative estimate of drug-likeness (QED) is 0.774. The van der Waals surface area contributed by atoms with Crippen LogP contribution < -0.4 is 4.72 Å². The zero-order valence-electron chi connectivity index (χ0n) is 10.6. The van der Waals surface area contributed by atoms with Gasteiger partial charge in [0.15, 0.2) is 0 Å². The highest BCUT2D eigenvalue weighted by Crippen LogP contribution is 2.15. The number of carboxylic acid groups (broad SMARTS) is 1. The summed E-state index contributed by atoms with van der Waals surface area (Å²) in [6.45, 7) is 1.59. The summed E-state index contributed by atoms with van der Waals surface area (Å²) in [7, 11) is -4.01. The monoisotopic (exact) mass is 292 g/mol. The maximum absolute atomic E-state index is 12.0. The van der Waals surface area contributed by atoms with Gasteiger partial charge in [0.2, 0.25) is 10.0 Å². The summed E-state index contributed by atoms with van der Waals surface area (Å²) in [6, 6.07) is 4.43. The lowest BCUT2D eigenvalue weighted by molar-refractivity contribution is -0.138. The van der Waals surface area contributed by atoms with Crippen LogP contribution in [-0.2, 0) is 14.8 Å². The number of aliphatic carboxylic acids is 1. The van der Waals surface area contributed by atoms with Crippen molar-refractivity contribution in [3.8, 4) is 18.4 Å². The second kappa shape index (κ2) is 6.20. The van der Waals surface area contributed by atoms with Crippen LogP contribution in [0.2, 0.25) is 0 Å². The molecule has 0 spiro atoms. The Morgan fingerprint density at radius 2 is 2.20 bits per heavy atom. The molecule has 0 aromatic heterocycles. The van der Waals surface area contributed by atoms with Crippen molar-refractivity contribution in [2.24, 2.45) is 0 Å². The largest absolute Gasteiger partial charge is 0.480 e. The van der Waals surface area contributed by atoms with E-state index >= 15 is 0 Å². The lowest BCUT2D eigenvalue weighted by Gasteiger charge is -2.13. The number of sulfonamides is 1. The van der Waals surface area contributed by atoms with Gasteiger partial charge < -0.3 is 5.11 Å². The molecule has 1 unspecified atom stereocenters. The summed E-state index contributed by atoms with van der Waals surface area (Å²) < 4.78 is 26.1. The van der Waals surface area contributed by atoms with Crippen LogP contribution in [0.1, 0.15) is 17.5 Å². The van der Waals surface area contributed by atoms with Crippen LogP contribution in [-0.4, -0.2) is 25.5 Å². The van der Waals surface area contributed by atoms with Crippen LogP contribution >= 0.6 is 0 Å². The molecule has 0 amide bonds. The van der Waals surface area contributed by atoms with E-state index in [1.165, 1.54) is 18.2 Å². The van der Waals surface area contributed by atoms with Crippen LogP contribution in [0.15, 0.2) is 23.1 Å². The highest BCUT2D eigenvalue weighted by molar-refractivity contribution is 7.89. The molecular formula is C13H12N2O4S. The molecule has 0 radical (unpaired) electrons. The Morgan fingerprint density at radius 1 is 1.55 bits per heavy atom. The average Bonchev–Trinajstić information content (AvgIpc) is 2.37. The fraction of sp³-hybridized carbons (Fsp3) is 0.231. The topological polar surface area (TPSA) is 107 Å². The maximum Gasteiger partial charge on any atom is 0.322 e. The number of carboxylic acids is 1. The van der Waals surface area contributed by atoms with Crippen molar-refractivity contribution in [2.75, 3.05) is 0 Å². The normalized spacial score (nSPS) is 12.2. The molecule has 1 aromatic rings. The van der Waals surface area contributed by atoms with E-state index in [0.29, 0.717) is 11.1 Å². The Hall–Kier alpha value is -2.35. The molecule has 0 saturated heterocycles. The van der Waals surface area contributed by atoms with Crippen molar-refractivity contribution >= 4 is 16.0 Å². The number of terminal acetylenes is 1. The Kier molecular flexibility index (Phi) is 4.87. The minimum atomic E-state index is -4.01. The van der Waals surface area contributed by atoms with E-state index in [2.05, 4.69) is 5.92 Å². The first kappa shape index (κ1) is 15.7. The molecule has 1 rings (SSSR count). The van der Waals surface area contributed by atoms with E-state index in [0.717, 1.165) is 0 Å². The van der Waals surface area contributed by atoms with Crippen LogP contribution in [0.4, 0.5) is 0 Å². The summed E-state index contributed by atoms with van der Waals surface area (Å²) in [5.74, 6) is 0.752. The van der Waals surface area contributed by atoms with Gasteiger partial charge in [0.1, 0.15) is 6.04 Å². The number of rotatable bonds is 5. The van der Waals surface area contributed by atoms with Gasteiger partial charge in [0.25, 0.3) is 0 Å². The summed E-state index contributed by atoms with van der Waals surface area (Å²) in [4.78, 5) is 10.8. The number of nitrogens with one attached hydrogen (secondary N) is 1.